The zero-order valence-corrected chi connectivity index (χ0v) is 38.3. The summed E-state index contributed by atoms with van der Waals surface area (Å²) in [5.74, 6) is -3.28. The molecule has 4 N–H and O–H groups in total. The van der Waals surface area contributed by atoms with Crippen LogP contribution in [0.4, 0.5) is 0 Å². The van der Waals surface area contributed by atoms with Crippen molar-refractivity contribution in [2.75, 3.05) is 41.4 Å². The van der Waals surface area contributed by atoms with Crippen molar-refractivity contribution in [3.05, 3.63) is 65.7 Å². The highest BCUT2D eigenvalue weighted by molar-refractivity contribution is 5.90. The Balaban J connectivity index is 1.76. The van der Waals surface area contributed by atoms with E-state index in [2.05, 4.69) is 10.6 Å². The molecule has 61 heavy (non-hydrogen) atoms. The van der Waals surface area contributed by atoms with Gasteiger partial charge in [0.05, 0.1) is 42.7 Å². The number of nitrogens with one attached hydrogen (secondary N) is 2. The number of hydrogen-bond donors (Lipinski definition) is 4. The van der Waals surface area contributed by atoms with Crippen LogP contribution in [0.3, 0.4) is 0 Å². The van der Waals surface area contributed by atoms with Gasteiger partial charge in [-0.25, -0.2) is 4.79 Å². The molecule has 1 heterocycles. The van der Waals surface area contributed by atoms with Crippen LogP contribution in [-0.4, -0.2) is 138 Å². The van der Waals surface area contributed by atoms with Crippen LogP contribution in [0.25, 0.3) is 0 Å². The molecule has 2 unspecified atom stereocenters. The summed E-state index contributed by atoms with van der Waals surface area (Å²) in [7, 11) is 6.64. The molecule has 1 fully saturated rings. The number of aromatic hydroxyl groups is 1. The third-order valence-corrected chi connectivity index (χ3v) is 12.5. The van der Waals surface area contributed by atoms with Gasteiger partial charge in [-0.15, -0.1) is 0 Å². The largest absolute Gasteiger partial charge is 0.508 e. The highest BCUT2D eigenvalue weighted by Crippen LogP contribution is 2.30. The molecule has 0 bridgehead atoms. The van der Waals surface area contributed by atoms with Gasteiger partial charge in [-0.1, -0.05) is 97.4 Å². The standard InChI is InChI=1S/C47H73N5O9/c1-12-31(6)42(51(9)46(57)40(29(2)3)49-45(56)41(30(4)5)50(8)26-24-33-20-22-35(53)23-21-33)38(60-10)28-39(54)52-25-16-19-37(52)43(61-11)32(7)44(55)48-36(47(58)59)27-34-17-14-13-15-18-34/h13-15,17-18,20-23,29-32,36-38,40-43,53H,12,16,19,24-28H2,1-11H3,(H,48,55)(H,49,56)(H,58,59)/t31-,32+,36-,37-,38+,40-,41?,42?,43+/m0/s1. The second kappa shape index (κ2) is 24.2. The number of carboxylic acids is 1. The van der Waals surface area contributed by atoms with Crippen molar-refractivity contribution in [3.63, 3.8) is 0 Å². The van der Waals surface area contributed by atoms with Gasteiger partial charge in [0.1, 0.15) is 17.8 Å². The van der Waals surface area contributed by atoms with E-state index in [9.17, 15) is 34.2 Å². The number of benzene rings is 2. The first-order valence-electron chi connectivity index (χ1n) is 21.8. The Morgan fingerprint density at radius 1 is 0.852 bits per heavy atom. The monoisotopic (exact) mass is 852 g/mol. The summed E-state index contributed by atoms with van der Waals surface area (Å²) in [6.07, 6.45) is 1.36. The molecule has 0 spiro atoms. The van der Waals surface area contributed by atoms with E-state index in [0.717, 1.165) is 11.1 Å². The van der Waals surface area contributed by atoms with Gasteiger partial charge in [0.15, 0.2) is 0 Å². The lowest BCUT2D eigenvalue weighted by atomic mass is 9.89. The third kappa shape index (κ3) is 14.0. The zero-order chi connectivity index (χ0) is 45.6. The lowest BCUT2D eigenvalue weighted by molar-refractivity contribution is -0.148. The summed E-state index contributed by atoms with van der Waals surface area (Å²) >= 11 is 0. The Morgan fingerprint density at radius 3 is 2.03 bits per heavy atom. The third-order valence-electron chi connectivity index (χ3n) is 12.5. The molecule has 4 amide bonds. The molecule has 0 aromatic heterocycles. The Morgan fingerprint density at radius 2 is 1.49 bits per heavy atom. The van der Waals surface area contributed by atoms with E-state index in [1.807, 2.05) is 96.0 Å². The second-order valence-electron chi connectivity index (χ2n) is 17.5. The van der Waals surface area contributed by atoms with Crippen molar-refractivity contribution < 1.29 is 43.7 Å². The van der Waals surface area contributed by atoms with E-state index < -0.39 is 60.2 Å². The molecule has 1 saturated heterocycles. The first kappa shape index (κ1) is 50.8. The van der Waals surface area contributed by atoms with Crippen molar-refractivity contribution in [2.24, 2.45) is 23.7 Å². The normalized spacial score (nSPS) is 18.2. The number of likely N-dealkylation sites (tertiary alicyclic amines) is 1. The van der Waals surface area contributed by atoms with Crippen LogP contribution in [0.1, 0.15) is 85.3 Å². The van der Waals surface area contributed by atoms with Crippen LogP contribution in [0, 0.1) is 23.7 Å². The average Bonchev–Trinajstić information content (AvgIpc) is 3.71. The Hall–Kier alpha value is -4.53. The number of ether oxygens (including phenoxy) is 2. The van der Waals surface area contributed by atoms with Crippen LogP contribution in [0.5, 0.6) is 5.75 Å². The number of methoxy groups -OCH3 is 2. The predicted molar refractivity (Wildman–Crippen MR) is 236 cm³/mol. The average molecular weight is 852 g/mol. The summed E-state index contributed by atoms with van der Waals surface area (Å²) in [6, 6.07) is 12.7. The van der Waals surface area contributed by atoms with Crippen LogP contribution in [0.2, 0.25) is 0 Å². The van der Waals surface area contributed by atoms with Gasteiger partial charge in [-0.3, -0.25) is 24.1 Å². The van der Waals surface area contributed by atoms with Gasteiger partial charge in [0.25, 0.3) is 0 Å². The molecular formula is C47H73N5O9. The molecule has 14 heteroatoms. The summed E-state index contributed by atoms with van der Waals surface area (Å²) in [5.41, 5.74) is 1.81. The van der Waals surface area contributed by atoms with Gasteiger partial charge in [0.2, 0.25) is 23.6 Å². The van der Waals surface area contributed by atoms with Gasteiger partial charge < -0.3 is 40.1 Å². The number of hydrogen-bond acceptors (Lipinski definition) is 9. The predicted octanol–water partition coefficient (Wildman–Crippen LogP) is 4.76. The van der Waals surface area contributed by atoms with E-state index in [4.69, 9.17) is 9.47 Å². The van der Waals surface area contributed by atoms with E-state index in [1.54, 1.807) is 35.9 Å². The molecule has 0 aliphatic carbocycles. The zero-order valence-electron chi connectivity index (χ0n) is 38.3. The molecule has 1 aliphatic rings. The molecule has 340 valence electrons. The van der Waals surface area contributed by atoms with Crippen molar-refractivity contribution in [3.8, 4) is 5.75 Å². The number of aliphatic carboxylic acids is 1. The summed E-state index contributed by atoms with van der Waals surface area (Å²) in [4.78, 5) is 73.9. The summed E-state index contributed by atoms with van der Waals surface area (Å²) in [6.45, 7) is 14.5. The number of carboxylic acid groups (broad SMARTS) is 1. The fraction of sp³-hybridized carbons (Fsp3) is 0.638. The van der Waals surface area contributed by atoms with Gasteiger partial charge in [0, 0.05) is 40.8 Å². The number of amides is 4. The van der Waals surface area contributed by atoms with Crippen LogP contribution in [-0.2, 0) is 46.3 Å². The molecule has 14 nitrogen and oxygen atoms in total. The number of rotatable bonds is 24. The number of carbonyl (C=O) groups is 5. The van der Waals surface area contributed by atoms with E-state index in [-0.39, 0.29) is 54.1 Å². The fourth-order valence-corrected chi connectivity index (χ4v) is 8.75. The number of phenolic OH excluding ortho intramolecular Hbond substituents is 1. The fourth-order valence-electron chi connectivity index (χ4n) is 8.75. The van der Waals surface area contributed by atoms with Crippen LogP contribution >= 0.6 is 0 Å². The Kier molecular flexibility index (Phi) is 20.2. The van der Waals surface area contributed by atoms with Crippen LogP contribution in [0.15, 0.2) is 54.6 Å². The maximum Gasteiger partial charge on any atom is 0.326 e. The maximum absolute atomic E-state index is 14.5. The number of carbonyl (C=O) groups excluding carboxylic acids is 4. The minimum Gasteiger partial charge on any atom is -0.508 e. The van der Waals surface area contributed by atoms with E-state index in [1.165, 1.54) is 14.2 Å². The van der Waals surface area contributed by atoms with Crippen molar-refractivity contribution in [2.45, 2.75) is 129 Å². The molecule has 1 aliphatic heterocycles. The molecule has 2 aromatic rings. The molecule has 9 atom stereocenters. The van der Waals surface area contributed by atoms with Gasteiger partial charge in [-0.05, 0) is 67.3 Å². The van der Waals surface area contributed by atoms with Crippen molar-refractivity contribution in [1.29, 1.82) is 0 Å². The van der Waals surface area contributed by atoms with Crippen molar-refractivity contribution in [1.82, 2.24) is 25.3 Å². The Bertz CT molecular complexity index is 1710. The molecule has 0 saturated carbocycles. The lowest BCUT2D eigenvalue weighted by Gasteiger charge is -2.41. The Labute approximate surface area is 363 Å². The molecular weight excluding hydrogens is 779 g/mol. The number of nitrogens with zero attached hydrogens (tertiary/aromatic N) is 3. The highest BCUT2D eigenvalue weighted by Gasteiger charge is 2.43. The maximum atomic E-state index is 14.5. The van der Waals surface area contributed by atoms with E-state index in [0.29, 0.717) is 38.8 Å². The first-order valence-corrected chi connectivity index (χ1v) is 21.8. The minimum absolute atomic E-state index is 0.0330. The van der Waals surface area contributed by atoms with Crippen LogP contribution < -0.4 is 10.6 Å². The molecule has 3 rings (SSSR count). The number of phenols is 1. The van der Waals surface area contributed by atoms with Gasteiger partial charge >= 0.3 is 5.97 Å². The summed E-state index contributed by atoms with van der Waals surface area (Å²) in [5, 5.41) is 25.4. The smallest absolute Gasteiger partial charge is 0.326 e. The minimum atomic E-state index is -1.14. The quantitative estimate of drug-likeness (QED) is 0.115. The van der Waals surface area contributed by atoms with E-state index >= 15 is 0 Å². The topological polar surface area (TPSA) is 178 Å². The summed E-state index contributed by atoms with van der Waals surface area (Å²) < 4.78 is 11.9. The van der Waals surface area contributed by atoms with Gasteiger partial charge in [-0.2, -0.15) is 0 Å². The molecule has 2 aromatic carbocycles. The molecule has 0 radical (unpaired) electrons. The highest BCUT2D eigenvalue weighted by atomic mass is 16.5. The SMILES string of the molecule is CC[C@H](C)C([C@@H](CC(=O)N1CCC[C@H]1[C@H](OC)[C@@H](C)C(=O)N[C@@H](Cc1ccccc1)C(=O)O)OC)N(C)C(=O)[C@@H](NC(=O)C(C(C)C)N(C)CCc1ccc(O)cc1)C(C)C. The number of likely N-dealkylation sites (N-methyl/N-ethyl adjacent to an activating group) is 2. The van der Waals surface area contributed by atoms with Crippen molar-refractivity contribution >= 4 is 29.6 Å². The first-order chi connectivity index (χ1) is 28.9. The second-order valence-corrected chi connectivity index (χ2v) is 17.5. The lowest BCUT2D eigenvalue weighted by Crippen LogP contribution is -2.60.